The number of carboxylic acid groups (broad SMARTS) is 1. The van der Waals surface area contributed by atoms with Gasteiger partial charge >= 0.3 is 5.97 Å². The number of aliphatic carboxylic acids is 1. The molecule has 1 heterocycles. The van der Waals surface area contributed by atoms with Gasteiger partial charge < -0.3 is 14.9 Å². The zero-order valence-corrected chi connectivity index (χ0v) is 13.3. The summed E-state index contributed by atoms with van der Waals surface area (Å²) in [7, 11) is 4.28. The Kier molecular flexibility index (Phi) is 5.08. The molecule has 0 aromatic rings. The van der Waals surface area contributed by atoms with E-state index in [9.17, 15) is 9.90 Å². The number of hydrogen-bond donors (Lipinski definition) is 1. The second-order valence-electron chi connectivity index (χ2n) is 7.26. The Hall–Kier alpha value is -0.610. The van der Waals surface area contributed by atoms with Crippen molar-refractivity contribution >= 4 is 5.97 Å². The third-order valence-corrected chi connectivity index (χ3v) is 5.32. The van der Waals surface area contributed by atoms with E-state index in [1.54, 1.807) is 0 Å². The fourth-order valence-corrected chi connectivity index (χ4v) is 4.17. The summed E-state index contributed by atoms with van der Waals surface area (Å²) in [5.41, 5.74) is -0.511. The lowest BCUT2D eigenvalue weighted by atomic mass is 9.69. The average molecular weight is 282 g/mol. The van der Waals surface area contributed by atoms with Crippen LogP contribution in [-0.4, -0.2) is 60.6 Å². The molecule has 2 fully saturated rings. The lowest BCUT2D eigenvalue weighted by Crippen LogP contribution is -2.51. The highest BCUT2D eigenvalue weighted by Gasteiger charge is 2.43. The van der Waals surface area contributed by atoms with Gasteiger partial charge in [0.15, 0.2) is 0 Å². The maximum absolute atomic E-state index is 11.9. The van der Waals surface area contributed by atoms with Crippen molar-refractivity contribution in [2.75, 3.05) is 33.7 Å². The third kappa shape index (κ3) is 3.53. The lowest BCUT2D eigenvalue weighted by Gasteiger charge is -2.43. The van der Waals surface area contributed by atoms with Crippen LogP contribution >= 0.6 is 0 Å². The van der Waals surface area contributed by atoms with Crippen molar-refractivity contribution in [2.45, 2.75) is 51.5 Å². The molecule has 4 nitrogen and oxygen atoms in total. The first-order chi connectivity index (χ1) is 9.43. The summed E-state index contributed by atoms with van der Waals surface area (Å²) in [6.07, 6.45) is 6.36. The van der Waals surface area contributed by atoms with Gasteiger partial charge in [-0.3, -0.25) is 4.79 Å². The molecular weight excluding hydrogens is 252 g/mol. The smallest absolute Gasteiger partial charge is 0.310 e. The Morgan fingerprint density at radius 2 is 2.15 bits per heavy atom. The summed E-state index contributed by atoms with van der Waals surface area (Å²) in [6.45, 7) is 5.16. The molecule has 2 aliphatic rings. The van der Waals surface area contributed by atoms with E-state index in [0.717, 1.165) is 25.8 Å². The molecule has 0 radical (unpaired) electrons. The summed E-state index contributed by atoms with van der Waals surface area (Å²) in [5.74, 6) is -0.0395. The molecule has 1 N–H and O–H groups in total. The second kappa shape index (κ2) is 6.44. The molecule has 4 heteroatoms. The van der Waals surface area contributed by atoms with Crippen LogP contribution in [-0.2, 0) is 4.79 Å². The highest BCUT2D eigenvalue weighted by molar-refractivity contribution is 5.75. The maximum Gasteiger partial charge on any atom is 0.310 e. The third-order valence-electron chi connectivity index (χ3n) is 5.32. The first kappa shape index (κ1) is 15.8. The summed E-state index contributed by atoms with van der Waals surface area (Å²) in [6, 6.07) is 0.516. The van der Waals surface area contributed by atoms with Crippen LogP contribution in [0, 0.1) is 11.3 Å². The van der Waals surface area contributed by atoms with Crippen LogP contribution < -0.4 is 0 Å². The second-order valence-corrected chi connectivity index (χ2v) is 7.26. The zero-order valence-electron chi connectivity index (χ0n) is 13.3. The molecule has 2 rings (SSSR count). The number of nitrogens with zero attached hydrogens (tertiary/aromatic N) is 2. The summed E-state index contributed by atoms with van der Waals surface area (Å²) in [4.78, 5) is 16.6. The minimum Gasteiger partial charge on any atom is -0.481 e. The van der Waals surface area contributed by atoms with Gasteiger partial charge in [0.05, 0.1) is 5.41 Å². The average Bonchev–Trinajstić information content (AvgIpc) is 2.38. The zero-order chi connectivity index (χ0) is 14.8. The fourth-order valence-electron chi connectivity index (χ4n) is 4.17. The number of rotatable bonds is 4. The first-order valence-electron chi connectivity index (χ1n) is 8.05. The van der Waals surface area contributed by atoms with Crippen LogP contribution in [0.1, 0.15) is 45.4 Å². The van der Waals surface area contributed by atoms with Gasteiger partial charge in [-0.25, -0.2) is 0 Å². The van der Waals surface area contributed by atoms with Gasteiger partial charge in [-0.1, -0.05) is 19.8 Å². The van der Waals surface area contributed by atoms with Crippen molar-refractivity contribution in [3.63, 3.8) is 0 Å². The molecule has 3 unspecified atom stereocenters. The van der Waals surface area contributed by atoms with E-state index in [1.807, 2.05) is 0 Å². The van der Waals surface area contributed by atoms with E-state index in [0.29, 0.717) is 18.5 Å². The van der Waals surface area contributed by atoms with Gasteiger partial charge in [0, 0.05) is 19.1 Å². The van der Waals surface area contributed by atoms with Crippen LogP contribution in [0.4, 0.5) is 0 Å². The molecule has 1 aliphatic carbocycles. The van der Waals surface area contributed by atoms with E-state index in [1.165, 1.54) is 25.8 Å². The van der Waals surface area contributed by atoms with E-state index < -0.39 is 11.4 Å². The monoisotopic (exact) mass is 282 g/mol. The van der Waals surface area contributed by atoms with Gasteiger partial charge in [-0.05, 0) is 52.2 Å². The topological polar surface area (TPSA) is 43.8 Å². The van der Waals surface area contributed by atoms with Crippen molar-refractivity contribution in [1.82, 2.24) is 9.80 Å². The van der Waals surface area contributed by atoms with Crippen LogP contribution in [0.15, 0.2) is 0 Å². The first-order valence-corrected chi connectivity index (χ1v) is 8.05. The van der Waals surface area contributed by atoms with E-state index in [4.69, 9.17) is 0 Å². The normalized spacial score (nSPS) is 36.2. The van der Waals surface area contributed by atoms with Crippen LogP contribution in [0.2, 0.25) is 0 Å². The molecule has 1 saturated heterocycles. The van der Waals surface area contributed by atoms with Gasteiger partial charge in [0.2, 0.25) is 0 Å². The molecule has 3 atom stereocenters. The molecule has 1 aliphatic heterocycles. The van der Waals surface area contributed by atoms with Crippen molar-refractivity contribution in [1.29, 1.82) is 0 Å². The minimum atomic E-state index is -0.583. The molecule has 0 bridgehead atoms. The van der Waals surface area contributed by atoms with Gasteiger partial charge in [0.1, 0.15) is 0 Å². The summed E-state index contributed by atoms with van der Waals surface area (Å²) >= 11 is 0. The molecule has 0 amide bonds. The lowest BCUT2D eigenvalue weighted by molar-refractivity contribution is -0.154. The largest absolute Gasteiger partial charge is 0.481 e. The highest BCUT2D eigenvalue weighted by atomic mass is 16.4. The number of piperidine rings is 1. The number of carbonyl (C=O) groups is 1. The van der Waals surface area contributed by atoms with Gasteiger partial charge in [0.25, 0.3) is 0 Å². The molecule has 0 aromatic heterocycles. The molecule has 116 valence electrons. The van der Waals surface area contributed by atoms with Crippen molar-refractivity contribution in [3.05, 3.63) is 0 Å². The Labute approximate surface area is 123 Å². The molecule has 20 heavy (non-hydrogen) atoms. The van der Waals surface area contributed by atoms with E-state index in [-0.39, 0.29) is 0 Å². The summed E-state index contributed by atoms with van der Waals surface area (Å²) < 4.78 is 0. The van der Waals surface area contributed by atoms with Crippen LogP contribution in [0.25, 0.3) is 0 Å². The summed E-state index contributed by atoms with van der Waals surface area (Å²) in [5, 5.41) is 9.77. The van der Waals surface area contributed by atoms with Crippen molar-refractivity contribution < 1.29 is 9.90 Å². The Morgan fingerprint density at radius 3 is 2.75 bits per heavy atom. The number of carboxylic acids is 1. The molecule has 0 spiro atoms. The van der Waals surface area contributed by atoms with Crippen LogP contribution in [0.3, 0.4) is 0 Å². The van der Waals surface area contributed by atoms with Crippen LogP contribution in [0.5, 0.6) is 0 Å². The van der Waals surface area contributed by atoms with Gasteiger partial charge in [-0.15, -0.1) is 0 Å². The maximum atomic E-state index is 11.9. The Bertz CT molecular complexity index is 347. The standard InChI is InChI=1S/C16H30N2O2/c1-13-6-4-8-16(10-13,15(19)20)12-18(3)14-7-5-9-17(2)11-14/h13-14H,4-12H2,1-3H3,(H,19,20). The fraction of sp³-hybridized carbons (Fsp3) is 0.938. The number of likely N-dealkylation sites (tertiary alicyclic amines) is 1. The van der Waals surface area contributed by atoms with E-state index in [2.05, 4.69) is 30.8 Å². The van der Waals surface area contributed by atoms with Gasteiger partial charge in [-0.2, -0.15) is 0 Å². The molecular formula is C16H30N2O2. The quantitative estimate of drug-likeness (QED) is 0.859. The number of likely N-dealkylation sites (N-methyl/N-ethyl adjacent to an activating group) is 2. The van der Waals surface area contributed by atoms with E-state index >= 15 is 0 Å². The Balaban J connectivity index is 2.02. The predicted octanol–water partition coefficient (Wildman–Crippen LogP) is 2.29. The SMILES string of the molecule is CC1CCCC(CN(C)C2CCCN(C)C2)(C(=O)O)C1. The number of hydrogen-bond acceptors (Lipinski definition) is 3. The Morgan fingerprint density at radius 1 is 1.40 bits per heavy atom. The molecule has 0 aromatic carbocycles. The predicted molar refractivity (Wildman–Crippen MR) is 80.8 cm³/mol. The highest BCUT2D eigenvalue weighted by Crippen LogP contribution is 2.40. The van der Waals surface area contributed by atoms with Crippen molar-refractivity contribution in [3.8, 4) is 0 Å². The van der Waals surface area contributed by atoms with Crippen molar-refractivity contribution in [2.24, 2.45) is 11.3 Å². The molecule has 1 saturated carbocycles. The minimum absolute atomic E-state index is 0.511.